The van der Waals surface area contributed by atoms with Gasteiger partial charge in [-0.05, 0) is 37.1 Å². The lowest BCUT2D eigenvalue weighted by atomic mass is 10.2. The van der Waals surface area contributed by atoms with E-state index in [1.807, 2.05) is 24.3 Å². The average molecular weight is 265 g/mol. The van der Waals surface area contributed by atoms with Crippen molar-refractivity contribution >= 4 is 5.69 Å². The fourth-order valence-corrected chi connectivity index (χ4v) is 1.74. The highest BCUT2D eigenvalue weighted by molar-refractivity contribution is 5.45. The molecule has 1 rings (SSSR count). The molecule has 0 aliphatic heterocycles. The Morgan fingerprint density at radius 1 is 0.895 bits per heavy atom. The van der Waals surface area contributed by atoms with Crippen LogP contribution in [-0.4, -0.2) is 19.9 Å². The van der Waals surface area contributed by atoms with Gasteiger partial charge < -0.3 is 14.8 Å². The lowest BCUT2D eigenvalue weighted by Gasteiger charge is -2.09. The molecule has 108 valence electrons. The molecule has 0 amide bonds. The van der Waals surface area contributed by atoms with Gasteiger partial charge in [0.25, 0.3) is 0 Å². The minimum Gasteiger partial charge on any atom is -0.494 e. The molecule has 3 heteroatoms. The van der Waals surface area contributed by atoms with Gasteiger partial charge in [-0.3, -0.25) is 0 Å². The van der Waals surface area contributed by atoms with E-state index >= 15 is 0 Å². The van der Waals surface area contributed by atoms with Crippen LogP contribution < -0.4 is 10.1 Å². The molecule has 0 saturated heterocycles. The standard InChI is InChI=1S/C16H27NO2/c1-3-5-6-7-13-19-16-10-8-15(9-11-16)17-14-18-12-4-2/h8-11,17H,3-7,12-14H2,1-2H3. The molecule has 1 aromatic carbocycles. The number of unbranched alkanes of at least 4 members (excludes halogenated alkanes) is 3. The fourth-order valence-electron chi connectivity index (χ4n) is 1.74. The summed E-state index contributed by atoms with van der Waals surface area (Å²) in [6.07, 6.45) is 6.00. The van der Waals surface area contributed by atoms with Crippen LogP contribution in [0.1, 0.15) is 46.0 Å². The highest BCUT2D eigenvalue weighted by atomic mass is 16.5. The third-order valence-corrected chi connectivity index (χ3v) is 2.85. The quantitative estimate of drug-likeness (QED) is 0.474. The van der Waals surface area contributed by atoms with Crippen molar-refractivity contribution in [2.24, 2.45) is 0 Å². The van der Waals surface area contributed by atoms with E-state index in [0.717, 1.165) is 37.5 Å². The molecule has 0 radical (unpaired) electrons. The zero-order chi connectivity index (χ0) is 13.8. The molecule has 0 bridgehead atoms. The van der Waals surface area contributed by atoms with Crippen LogP contribution in [0.5, 0.6) is 5.75 Å². The summed E-state index contributed by atoms with van der Waals surface area (Å²) in [6, 6.07) is 8.05. The van der Waals surface area contributed by atoms with Gasteiger partial charge >= 0.3 is 0 Å². The summed E-state index contributed by atoms with van der Waals surface area (Å²) in [5.41, 5.74) is 1.06. The zero-order valence-corrected chi connectivity index (χ0v) is 12.3. The maximum absolute atomic E-state index is 5.69. The number of hydrogen-bond acceptors (Lipinski definition) is 3. The lowest BCUT2D eigenvalue weighted by molar-refractivity contribution is 0.153. The normalized spacial score (nSPS) is 10.4. The first-order chi connectivity index (χ1) is 9.36. The van der Waals surface area contributed by atoms with Gasteiger partial charge in [0.15, 0.2) is 0 Å². The molecule has 0 aromatic heterocycles. The maximum Gasteiger partial charge on any atom is 0.119 e. The summed E-state index contributed by atoms with van der Waals surface area (Å²) in [5.74, 6) is 0.941. The molecular weight excluding hydrogens is 238 g/mol. The van der Waals surface area contributed by atoms with E-state index in [1.54, 1.807) is 0 Å². The number of ether oxygens (including phenoxy) is 2. The zero-order valence-electron chi connectivity index (χ0n) is 12.3. The van der Waals surface area contributed by atoms with Crippen LogP contribution in [0, 0.1) is 0 Å². The van der Waals surface area contributed by atoms with Crippen molar-refractivity contribution < 1.29 is 9.47 Å². The third-order valence-electron chi connectivity index (χ3n) is 2.85. The van der Waals surface area contributed by atoms with E-state index in [1.165, 1.54) is 19.3 Å². The molecule has 0 aliphatic carbocycles. The van der Waals surface area contributed by atoms with Crippen LogP contribution >= 0.6 is 0 Å². The van der Waals surface area contributed by atoms with Crippen LogP contribution in [-0.2, 0) is 4.74 Å². The minimum absolute atomic E-state index is 0.561. The van der Waals surface area contributed by atoms with Gasteiger partial charge in [-0.15, -0.1) is 0 Å². The molecule has 1 aromatic rings. The molecule has 1 N–H and O–H groups in total. The SMILES string of the molecule is CCCCCCOc1ccc(NCOCCC)cc1. The first-order valence-electron chi connectivity index (χ1n) is 7.41. The predicted molar refractivity (Wildman–Crippen MR) is 80.8 cm³/mol. The second kappa shape index (κ2) is 10.7. The minimum atomic E-state index is 0.561. The third kappa shape index (κ3) is 7.73. The Hall–Kier alpha value is -1.22. The molecule has 0 fully saturated rings. The smallest absolute Gasteiger partial charge is 0.119 e. The summed E-state index contributed by atoms with van der Waals surface area (Å²) in [5, 5.41) is 3.21. The topological polar surface area (TPSA) is 30.5 Å². The van der Waals surface area contributed by atoms with Crippen molar-refractivity contribution in [3.63, 3.8) is 0 Å². The van der Waals surface area contributed by atoms with Gasteiger partial charge in [0.05, 0.1) is 6.61 Å². The van der Waals surface area contributed by atoms with Crippen LogP contribution in [0.2, 0.25) is 0 Å². The predicted octanol–water partition coefficient (Wildman–Crippen LogP) is 4.44. The van der Waals surface area contributed by atoms with E-state index in [-0.39, 0.29) is 0 Å². The first-order valence-corrected chi connectivity index (χ1v) is 7.41. The van der Waals surface area contributed by atoms with E-state index in [4.69, 9.17) is 9.47 Å². The molecule has 0 saturated carbocycles. The summed E-state index contributed by atoms with van der Waals surface area (Å²) in [6.45, 7) is 6.49. The monoisotopic (exact) mass is 265 g/mol. The van der Waals surface area contributed by atoms with Crippen LogP contribution in [0.25, 0.3) is 0 Å². The summed E-state index contributed by atoms with van der Waals surface area (Å²) >= 11 is 0. The number of nitrogens with one attached hydrogen (secondary N) is 1. The number of benzene rings is 1. The van der Waals surface area contributed by atoms with Crippen LogP contribution in [0.15, 0.2) is 24.3 Å². The second-order valence-electron chi connectivity index (χ2n) is 4.66. The van der Waals surface area contributed by atoms with Crippen LogP contribution in [0.3, 0.4) is 0 Å². The average Bonchev–Trinajstić information content (AvgIpc) is 2.45. The fraction of sp³-hybridized carbons (Fsp3) is 0.625. The van der Waals surface area contributed by atoms with Crippen molar-refractivity contribution in [2.75, 3.05) is 25.3 Å². The largest absolute Gasteiger partial charge is 0.494 e. The second-order valence-corrected chi connectivity index (χ2v) is 4.66. The Labute approximate surface area is 117 Å². The molecular formula is C16H27NO2. The van der Waals surface area contributed by atoms with Crippen molar-refractivity contribution in [3.8, 4) is 5.75 Å². The molecule has 0 unspecified atom stereocenters. The summed E-state index contributed by atoms with van der Waals surface area (Å²) in [7, 11) is 0. The lowest BCUT2D eigenvalue weighted by Crippen LogP contribution is -2.06. The highest BCUT2D eigenvalue weighted by Crippen LogP contribution is 2.16. The Bertz CT molecular complexity index is 311. The van der Waals surface area contributed by atoms with Crippen molar-refractivity contribution in [1.82, 2.24) is 0 Å². The van der Waals surface area contributed by atoms with Gasteiger partial charge in [-0.2, -0.15) is 0 Å². The molecule has 0 atom stereocenters. The van der Waals surface area contributed by atoms with E-state index in [9.17, 15) is 0 Å². The van der Waals surface area contributed by atoms with Crippen molar-refractivity contribution in [1.29, 1.82) is 0 Å². The molecule has 3 nitrogen and oxygen atoms in total. The Morgan fingerprint density at radius 2 is 1.68 bits per heavy atom. The van der Waals surface area contributed by atoms with Gasteiger partial charge in [-0.25, -0.2) is 0 Å². The van der Waals surface area contributed by atoms with Gasteiger partial charge in [-0.1, -0.05) is 33.1 Å². The number of hydrogen-bond donors (Lipinski definition) is 1. The van der Waals surface area contributed by atoms with Gasteiger partial charge in [0.1, 0.15) is 12.5 Å². The number of anilines is 1. The van der Waals surface area contributed by atoms with Gasteiger partial charge in [0.2, 0.25) is 0 Å². The number of rotatable bonds is 11. The molecule has 0 aliphatic rings. The maximum atomic E-state index is 5.69. The van der Waals surface area contributed by atoms with Crippen molar-refractivity contribution in [3.05, 3.63) is 24.3 Å². The van der Waals surface area contributed by atoms with E-state index in [2.05, 4.69) is 19.2 Å². The summed E-state index contributed by atoms with van der Waals surface area (Å²) < 4.78 is 11.1. The Kier molecular flexibility index (Phi) is 8.90. The van der Waals surface area contributed by atoms with E-state index in [0.29, 0.717) is 6.73 Å². The van der Waals surface area contributed by atoms with Crippen molar-refractivity contribution in [2.45, 2.75) is 46.0 Å². The Balaban J connectivity index is 2.16. The van der Waals surface area contributed by atoms with Gasteiger partial charge in [0, 0.05) is 12.3 Å². The molecule has 0 spiro atoms. The molecule has 0 heterocycles. The highest BCUT2D eigenvalue weighted by Gasteiger charge is 1.95. The first kappa shape index (κ1) is 15.8. The van der Waals surface area contributed by atoms with E-state index < -0.39 is 0 Å². The van der Waals surface area contributed by atoms with Crippen LogP contribution in [0.4, 0.5) is 5.69 Å². The Morgan fingerprint density at radius 3 is 2.37 bits per heavy atom. The molecule has 19 heavy (non-hydrogen) atoms. The summed E-state index contributed by atoms with van der Waals surface area (Å²) in [4.78, 5) is 0.